The van der Waals surface area contributed by atoms with Crippen molar-refractivity contribution in [2.24, 2.45) is 11.1 Å². The fourth-order valence-corrected chi connectivity index (χ4v) is 2.49. The molecular formula is C15H33Cl2N3O. The van der Waals surface area contributed by atoms with E-state index in [9.17, 15) is 4.79 Å². The van der Waals surface area contributed by atoms with Crippen LogP contribution in [0, 0.1) is 5.41 Å². The number of piperidine rings is 1. The number of hydrogen-bond donors (Lipinski definition) is 2. The second-order valence-electron chi connectivity index (χ2n) is 6.87. The monoisotopic (exact) mass is 341 g/mol. The van der Waals surface area contributed by atoms with E-state index in [1.54, 1.807) is 0 Å². The molecule has 1 aliphatic rings. The first-order valence-corrected chi connectivity index (χ1v) is 7.59. The highest BCUT2D eigenvalue weighted by Gasteiger charge is 2.27. The Bertz CT molecular complexity index is 295. The largest absolute Gasteiger partial charge is 0.355 e. The lowest BCUT2D eigenvalue weighted by Crippen LogP contribution is -2.49. The van der Waals surface area contributed by atoms with Crippen molar-refractivity contribution in [3.63, 3.8) is 0 Å². The molecule has 0 aliphatic carbocycles. The predicted molar refractivity (Wildman–Crippen MR) is 94.4 cm³/mol. The van der Waals surface area contributed by atoms with E-state index in [1.165, 1.54) is 25.8 Å². The van der Waals surface area contributed by atoms with E-state index in [2.05, 4.69) is 17.1 Å². The molecule has 0 aromatic rings. The van der Waals surface area contributed by atoms with Gasteiger partial charge in [-0.25, -0.2) is 0 Å². The van der Waals surface area contributed by atoms with Crippen molar-refractivity contribution in [2.75, 3.05) is 19.6 Å². The van der Waals surface area contributed by atoms with Gasteiger partial charge in [-0.15, -0.1) is 24.8 Å². The molecule has 0 aromatic heterocycles. The van der Waals surface area contributed by atoms with Gasteiger partial charge in [0.1, 0.15) is 0 Å². The first-order valence-electron chi connectivity index (χ1n) is 7.59. The first-order chi connectivity index (χ1) is 8.82. The van der Waals surface area contributed by atoms with E-state index in [4.69, 9.17) is 5.73 Å². The molecule has 0 radical (unpaired) electrons. The fraction of sp³-hybridized carbons (Fsp3) is 0.933. The maximum atomic E-state index is 11.9. The molecule has 0 saturated carbocycles. The van der Waals surface area contributed by atoms with Crippen LogP contribution in [0.2, 0.25) is 0 Å². The van der Waals surface area contributed by atoms with Crippen LogP contribution < -0.4 is 11.1 Å². The van der Waals surface area contributed by atoms with Crippen molar-refractivity contribution in [2.45, 2.75) is 65.5 Å². The Balaban J connectivity index is 0. The average molecular weight is 342 g/mol. The summed E-state index contributed by atoms with van der Waals surface area (Å²) in [7, 11) is 0. The Morgan fingerprint density at radius 1 is 1.33 bits per heavy atom. The van der Waals surface area contributed by atoms with Gasteiger partial charge in [0.25, 0.3) is 0 Å². The minimum absolute atomic E-state index is 0. The molecule has 2 atom stereocenters. The van der Waals surface area contributed by atoms with Gasteiger partial charge in [-0.2, -0.15) is 0 Å². The Kier molecular flexibility index (Phi) is 11.8. The molecule has 1 rings (SSSR count). The van der Waals surface area contributed by atoms with Crippen LogP contribution in [0.5, 0.6) is 0 Å². The number of hydrogen-bond acceptors (Lipinski definition) is 3. The van der Waals surface area contributed by atoms with Gasteiger partial charge in [-0.05, 0) is 38.1 Å². The summed E-state index contributed by atoms with van der Waals surface area (Å²) in [6.07, 6.45) is 4.98. The zero-order valence-corrected chi connectivity index (χ0v) is 15.5. The van der Waals surface area contributed by atoms with Gasteiger partial charge in [-0.3, -0.25) is 4.79 Å². The van der Waals surface area contributed by atoms with Crippen LogP contribution >= 0.6 is 24.8 Å². The number of carbonyl (C=O) groups is 1. The maximum Gasteiger partial charge on any atom is 0.237 e. The summed E-state index contributed by atoms with van der Waals surface area (Å²) in [5.41, 5.74) is 5.74. The molecule has 0 bridgehead atoms. The number of nitrogens with one attached hydrogen (secondary N) is 1. The molecule has 128 valence electrons. The Morgan fingerprint density at radius 2 is 1.95 bits per heavy atom. The highest BCUT2D eigenvalue weighted by atomic mass is 35.5. The summed E-state index contributed by atoms with van der Waals surface area (Å²) in [5, 5.41) is 2.95. The van der Waals surface area contributed by atoms with Gasteiger partial charge in [0.2, 0.25) is 5.91 Å². The second kappa shape index (κ2) is 10.7. The highest BCUT2D eigenvalue weighted by Crippen LogP contribution is 2.17. The van der Waals surface area contributed by atoms with Gasteiger partial charge in [0.15, 0.2) is 0 Å². The summed E-state index contributed by atoms with van der Waals surface area (Å²) in [4.78, 5) is 14.4. The van der Waals surface area contributed by atoms with Crippen LogP contribution in [-0.4, -0.2) is 42.5 Å². The smallest absolute Gasteiger partial charge is 0.237 e. The summed E-state index contributed by atoms with van der Waals surface area (Å²) in [6.45, 7) is 11.3. The topological polar surface area (TPSA) is 58.4 Å². The quantitative estimate of drug-likeness (QED) is 0.755. The Hall–Kier alpha value is -0.0300. The molecule has 1 heterocycles. The van der Waals surface area contributed by atoms with Crippen molar-refractivity contribution in [1.29, 1.82) is 0 Å². The molecule has 1 amide bonds. The van der Waals surface area contributed by atoms with Gasteiger partial charge in [0.05, 0.1) is 6.04 Å². The number of amides is 1. The highest BCUT2D eigenvalue weighted by molar-refractivity contribution is 5.85. The van der Waals surface area contributed by atoms with Crippen LogP contribution in [0.4, 0.5) is 0 Å². The number of rotatable bonds is 5. The second-order valence-corrected chi connectivity index (χ2v) is 6.87. The number of nitrogens with two attached hydrogens (primary N) is 1. The molecule has 0 spiro atoms. The molecule has 21 heavy (non-hydrogen) atoms. The molecule has 1 saturated heterocycles. The van der Waals surface area contributed by atoms with Crippen LogP contribution in [0.1, 0.15) is 53.4 Å². The standard InChI is InChI=1S/C15H31N3O.2ClH/c1-12-8-5-6-10-18(12)11-7-9-17-14(19)13(16)15(2,3)4;;/h12-13H,5-11,16H2,1-4H3,(H,17,19);2*1H/t12?,13-;;/m1../s1. The molecule has 6 heteroatoms. The molecular weight excluding hydrogens is 309 g/mol. The SMILES string of the molecule is CC1CCCCN1CCCNC(=O)[C@@H](N)C(C)(C)C.Cl.Cl. The van der Waals surface area contributed by atoms with Gasteiger partial charge < -0.3 is 16.0 Å². The van der Waals surface area contributed by atoms with Crippen LogP contribution in [-0.2, 0) is 4.79 Å². The minimum atomic E-state index is -0.429. The molecule has 1 unspecified atom stereocenters. The third-order valence-corrected chi connectivity index (χ3v) is 4.08. The van der Waals surface area contributed by atoms with Gasteiger partial charge in [0, 0.05) is 19.1 Å². The average Bonchev–Trinajstić information content (AvgIpc) is 2.34. The molecule has 0 aromatic carbocycles. The van der Waals surface area contributed by atoms with Crippen molar-refractivity contribution in [3.05, 3.63) is 0 Å². The zero-order chi connectivity index (χ0) is 14.5. The summed E-state index contributed by atoms with van der Waals surface area (Å²) >= 11 is 0. The third-order valence-electron chi connectivity index (χ3n) is 4.08. The Morgan fingerprint density at radius 3 is 2.48 bits per heavy atom. The van der Waals surface area contributed by atoms with Gasteiger partial charge in [-0.1, -0.05) is 27.2 Å². The van der Waals surface area contributed by atoms with Crippen LogP contribution in [0.15, 0.2) is 0 Å². The third kappa shape index (κ3) is 8.24. The lowest BCUT2D eigenvalue weighted by Gasteiger charge is -2.33. The van der Waals surface area contributed by atoms with Crippen LogP contribution in [0.3, 0.4) is 0 Å². The number of carbonyl (C=O) groups excluding carboxylic acids is 1. The number of nitrogens with zero attached hydrogens (tertiary/aromatic N) is 1. The summed E-state index contributed by atoms with van der Waals surface area (Å²) < 4.78 is 0. The van der Waals surface area contributed by atoms with E-state index < -0.39 is 6.04 Å². The van der Waals surface area contributed by atoms with Crippen molar-refractivity contribution in [3.8, 4) is 0 Å². The van der Waals surface area contributed by atoms with Crippen LogP contribution in [0.25, 0.3) is 0 Å². The lowest BCUT2D eigenvalue weighted by molar-refractivity contribution is -0.124. The zero-order valence-electron chi connectivity index (χ0n) is 13.9. The van der Waals surface area contributed by atoms with E-state index >= 15 is 0 Å². The van der Waals surface area contributed by atoms with E-state index in [0.29, 0.717) is 6.04 Å². The maximum absolute atomic E-state index is 11.9. The number of likely N-dealkylation sites (tertiary alicyclic amines) is 1. The first kappa shape index (κ1) is 23.2. The van der Waals surface area contributed by atoms with Crippen molar-refractivity contribution in [1.82, 2.24) is 10.2 Å². The van der Waals surface area contributed by atoms with Crippen molar-refractivity contribution >= 4 is 30.7 Å². The normalized spacial score (nSPS) is 20.9. The van der Waals surface area contributed by atoms with E-state index in [0.717, 1.165) is 19.5 Å². The Labute approximate surface area is 142 Å². The van der Waals surface area contributed by atoms with Crippen molar-refractivity contribution < 1.29 is 4.79 Å². The minimum Gasteiger partial charge on any atom is -0.355 e. The molecule has 1 fully saturated rings. The molecule has 3 N–H and O–H groups in total. The van der Waals surface area contributed by atoms with E-state index in [-0.39, 0.29) is 36.1 Å². The molecule has 4 nitrogen and oxygen atoms in total. The summed E-state index contributed by atoms with van der Waals surface area (Å²) in [6, 6.07) is 0.266. The predicted octanol–water partition coefficient (Wildman–Crippen LogP) is 2.58. The van der Waals surface area contributed by atoms with Gasteiger partial charge >= 0.3 is 0 Å². The lowest BCUT2D eigenvalue weighted by atomic mass is 9.87. The fourth-order valence-electron chi connectivity index (χ4n) is 2.49. The number of halogens is 2. The molecule has 1 aliphatic heterocycles. The summed E-state index contributed by atoms with van der Waals surface area (Å²) in [5.74, 6) is -0.0285. The van der Waals surface area contributed by atoms with E-state index in [1.807, 2.05) is 20.8 Å².